The molecule has 0 fully saturated rings. The van der Waals surface area contributed by atoms with Crippen LogP contribution in [0.15, 0.2) is 18.2 Å². The molecule has 148 valence electrons. The fourth-order valence-electron chi connectivity index (χ4n) is 2.40. The third kappa shape index (κ3) is 12.2. The lowest BCUT2D eigenvalue weighted by Gasteiger charge is -2.02. The van der Waals surface area contributed by atoms with Gasteiger partial charge in [-0.2, -0.15) is 0 Å². The van der Waals surface area contributed by atoms with E-state index in [9.17, 15) is 9.59 Å². The molecule has 0 amide bonds. The molecule has 3 N–H and O–H groups in total. The Labute approximate surface area is 155 Å². The average molecular weight is 368 g/mol. The highest BCUT2D eigenvalue weighted by Gasteiger charge is 2.07. The summed E-state index contributed by atoms with van der Waals surface area (Å²) in [5, 5.41) is 26.1. The van der Waals surface area contributed by atoms with Crippen LogP contribution in [0.2, 0.25) is 0 Å². The monoisotopic (exact) mass is 368 g/mol. The normalized spacial score (nSPS) is 9.92. The summed E-state index contributed by atoms with van der Waals surface area (Å²) in [6.45, 7) is 2.23. The Bertz CT molecular complexity index is 527. The highest BCUT2D eigenvalue weighted by atomic mass is 16.5. The standard InChI is InChI=1S/C12H24O2.C8H8O4/c1-2-3-4-5-6-7-8-9-10-11-12(13)14;1-12-7-4-5(8(10)11)2-3-6(7)9/h2-11H2,1H3,(H,13,14);2-4,9H,1H3,(H,10,11). The Morgan fingerprint density at radius 3 is 1.92 bits per heavy atom. The van der Waals surface area contributed by atoms with Crippen LogP contribution in [0.25, 0.3) is 0 Å². The van der Waals surface area contributed by atoms with Crippen molar-refractivity contribution in [3.05, 3.63) is 23.8 Å². The smallest absolute Gasteiger partial charge is 0.335 e. The maximum atomic E-state index is 10.4. The van der Waals surface area contributed by atoms with Gasteiger partial charge in [0.1, 0.15) is 0 Å². The predicted octanol–water partition coefficient (Wildman–Crippen LogP) is 5.09. The van der Waals surface area contributed by atoms with Crippen molar-refractivity contribution in [3.8, 4) is 11.5 Å². The Kier molecular flexibility index (Phi) is 13.8. The number of methoxy groups -OCH3 is 1. The first-order valence-electron chi connectivity index (χ1n) is 9.24. The van der Waals surface area contributed by atoms with Crippen molar-refractivity contribution in [2.75, 3.05) is 7.11 Å². The highest BCUT2D eigenvalue weighted by Crippen LogP contribution is 2.25. The number of aromatic hydroxyl groups is 1. The molecule has 0 heterocycles. The van der Waals surface area contributed by atoms with E-state index in [0.29, 0.717) is 6.42 Å². The van der Waals surface area contributed by atoms with Crippen LogP contribution in [-0.4, -0.2) is 34.4 Å². The summed E-state index contributed by atoms with van der Waals surface area (Å²) in [6.07, 6.45) is 11.5. The number of hydrogen-bond acceptors (Lipinski definition) is 4. The zero-order valence-corrected chi connectivity index (χ0v) is 15.9. The van der Waals surface area contributed by atoms with E-state index in [2.05, 4.69) is 6.92 Å². The minimum absolute atomic E-state index is 0.0671. The number of hydrogen-bond donors (Lipinski definition) is 3. The molecule has 6 nitrogen and oxygen atoms in total. The molecule has 0 saturated heterocycles. The minimum Gasteiger partial charge on any atom is -0.504 e. The quantitative estimate of drug-likeness (QED) is 0.444. The maximum absolute atomic E-state index is 10.4. The van der Waals surface area contributed by atoms with Gasteiger partial charge in [0.2, 0.25) is 0 Å². The summed E-state index contributed by atoms with van der Waals surface area (Å²) in [5.41, 5.74) is 0.0876. The molecular formula is C20H32O6. The van der Waals surface area contributed by atoms with Crippen LogP contribution in [0.4, 0.5) is 0 Å². The zero-order valence-electron chi connectivity index (χ0n) is 15.9. The number of benzene rings is 1. The first-order chi connectivity index (χ1) is 12.4. The second kappa shape index (κ2) is 15.0. The molecule has 1 aromatic carbocycles. The van der Waals surface area contributed by atoms with Crippen LogP contribution in [0, 0.1) is 0 Å². The molecule has 6 heteroatoms. The van der Waals surface area contributed by atoms with Crippen molar-refractivity contribution in [2.24, 2.45) is 0 Å². The number of unbranched alkanes of at least 4 members (excludes halogenated alkanes) is 8. The number of ether oxygens (including phenoxy) is 1. The van der Waals surface area contributed by atoms with E-state index in [4.69, 9.17) is 20.1 Å². The molecule has 0 unspecified atom stereocenters. The lowest BCUT2D eigenvalue weighted by molar-refractivity contribution is -0.137. The first-order valence-corrected chi connectivity index (χ1v) is 9.24. The molecule has 0 aliphatic rings. The molecule has 0 aliphatic carbocycles. The van der Waals surface area contributed by atoms with E-state index >= 15 is 0 Å². The molecule has 0 atom stereocenters. The van der Waals surface area contributed by atoms with Gasteiger partial charge in [-0.15, -0.1) is 0 Å². The Hall–Kier alpha value is -2.24. The largest absolute Gasteiger partial charge is 0.504 e. The van der Waals surface area contributed by atoms with Gasteiger partial charge in [0.15, 0.2) is 11.5 Å². The molecule has 1 rings (SSSR count). The van der Waals surface area contributed by atoms with E-state index in [-0.39, 0.29) is 17.1 Å². The van der Waals surface area contributed by atoms with Crippen LogP contribution in [0.5, 0.6) is 11.5 Å². The number of carbonyl (C=O) groups is 2. The van der Waals surface area contributed by atoms with E-state index < -0.39 is 11.9 Å². The van der Waals surface area contributed by atoms with E-state index in [1.54, 1.807) is 0 Å². The van der Waals surface area contributed by atoms with Gasteiger partial charge in [-0.1, -0.05) is 58.3 Å². The van der Waals surface area contributed by atoms with Crippen LogP contribution in [0.3, 0.4) is 0 Å². The van der Waals surface area contributed by atoms with Gasteiger partial charge in [-0.05, 0) is 24.6 Å². The average Bonchev–Trinajstić information content (AvgIpc) is 2.61. The third-order valence-corrected chi connectivity index (χ3v) is 3.92. The third-order valence-electron chi connectivity index (χ3n) is 3.92. The summed E-state index contributed by atoms with van der Waals surface area (Å²) >= 11 is 0. The van der Waals surface area contributed by atoms with Gasteiger partial charge in [0, 0.05) is 6.42 Å². The summed E-state index contributed by atoms with van der Waals surface area (Å²) in [5.74, 6) is -1.61. The first kappa shape index (κ1) is 23.8. The number of rotatable bonds is 12. The van der Waals surface area contributed by atoms with Crippen molar-refractivity contribution < 1.29 is 29.6 Å². The SMILES string of the molecule is CCCCCCCCCCCC(=O)O.COc1cc(C(=O)O)ccc1O. The van der Waals surface area contributed by atoms with E-state index in [1.807, 2.05) is 0 Å². The second-order valence-electron chi connectivity index (χ2n) is 6.16. The molecule has 0 spiro atoms. The van der Waals surface area contributed by atoms with Gasteiger partial charge in [-0.3, -0.25) is 4.79 Å². The van der Waals surface area contributed by atoms with E-state index in [0.717, 1.165) is 12.8 Å². The van der Waals surface area contributed by atoms with Crippen LogP contribution < -0.4 is 4.74 Å². The molecule has 26 heavy (non-hydrogen) atoms. The Morgan fingerprint density at radius 2 is 1.46 bits per heavy atom. The molecule has 0 aliphatic heterocycles. The van der Waals surface area contributed by atoms with Gasteiger partial charge < -0.3 is 20.1 Å². The van der Waals surface area contributed by atoms with Gasteiger partial charge >= 0.3 is 11.9 Å². The van der Waals surface area contributed by atoms with Crippen molar-refractivity contribution >= 4 is 11.9 Å². The molecule has 0 saturated carbocycles. The number of aliphatic carboxylic acids is 1. The summed E-state index contributed by atoms with van der Waals surface area (Å²) in [6, 6.07) is 3.85. The topological polar surface area (TPSA) is 104 Å². The molecular weight excluding hydrogens is 336 g/mol. The van der Waals surface area contributed by atoms with Crippen LogP contribution in [-0.2, 0) is 4.79 Å². The van der Waals surface area contributed by atoms with Crippen molar-refractivity contribution in [3.63, 3.8) is 0 Å². The van der Waals surface area contributed by atoms with Crippen molar-refractivity contribution in [2.45, 2.75) is 71.1 Å². The molecule has 0 aromatic heterocycles. The predicted molar refractivity (Wildman–Crippen MR) is 101 cm³/mol. The van der Waals surface area contributed by atoms with Crippen LogP contribution >= 0.6 is 0 Å². The molecule has 1 aromatic rings. The lowest BCUT2D eigenvalue weighted by Crippen LogP contribution is -1.96. The van der Waals surface area contributed by atoms with Gasteiger partial charge in [0.25, 0.3) is 0 Å². The zero-order chi connectivity index (χ0) is 19.8. The van der Waals surface area contributed by atoms with Crippen LogP contribution in [0.1, 0.15) is 81.5 Å². The number of carboxylic acids is 2. The number of aromatic carboxylic acids is 1. The molecule has 0 radical (unpaired) electrons. The summed E-state index contributed by atoms with van der Waals surface area (Å²) in [7, 11) is 1.36. The maximum Gasteiger partial charge on any atom is 0.335 e. The van der Waals surface area contributed by atoms with Crippen molar-refractivity contribution in [1.82, 2.24) is 0 Å². The summed E-state index contributed by atoms with van der Waals surface area (Å²) in [4.78, 5) is 20.6. The number of phenols is 1. The highest BCUT2D eigenvalue weighted by molar-refractivity contribution is 5.88. The second-order valence-corrected chi connectivity index (χ2v) is 6.16. The van der Waals surface area contributed by atoms with Gasteiger partial charge in [-0.25, -0.2) is 4.79 Å². The lowest BCUT2D eigenvalue weighted by atomic mass is 10.1. The number of phenolic OH excluding ortho intramolecular Hbond substituents is 1. The molecule has 0 bridgehead atoms. The fraction of sp³-hybridized carbons (Fsp3) is 0.600. The van der Waals surface area contributed by atoms with Gasteiger partial charge in [0.05, 0.1) is 12.7 Å². The van der Waals surface area contributed by atoms with Crippen molar-refractivity contribution in [1.29, 1.82) is 0 Å². The summed E-state index contributed by atoms with van der Waals surface area (Å²) < 4.78 is 4.72. The Morgan fingerprint density at radius 1 is 0.923 bits per heavy atom. The Balaban J connectivity index is 0.000000485. The minimum atomic E-state index is -1.05. The number of carboxylic acid groups (broad SMARTS) is 2. The van der Waals surface area contributed by atoms with E-state index in [1.165, 1.54) is 70.3 Å². The fourth-order valence-corrected chi connectivity index (χ4v) is 2.40.